The van der Waals surface area contributed by atoms with Crippen molar-refractivity contribution in [3.8, 4) is 0 Å². The van der Waals surface area contributed by atoms with Gasteiger partial charge in [0.25, 0.3) is 0 Å². The fourth-order valence-corrected chi connectivity index (χ4v) is 1.13. The Morgan fingerprint density at radius 1 is 0.818 bits per heavy atom. The van der Waals surface area contributed by atoms with Crippen LogP contribution in [0.5, 0.6) is 0 Å². The first-order chi connectivity index (χ1) is 4.91. The van der Waals surface area contributed by atoms with Crippen molar-refractivity contribution in [2.45, 2.75) is 58.3 Å². The molecule has 0 aromatic heterocycles. The molecule has 0 unspecified atom stereocenters. The molecule has 1 radical (unpaired) electrons. The number of unbranched alkanes of at least 4 members (excludes halogenated alkanes) is 7. The molecule has 0 heterocycles. The predicted octanol–water partition coefficient (Wildman–Crippen LogP) is 3.31. The average Bonchev–Trinajstić information content (AvgIpc) is 1.97. The van der Waals surface area contributed by atoms with E-state index in [0.29, 0.717) is 0 Å². The first kappa shape index (κ1) is 14.1. The van der Waals surface area contributed by atoms with Crippen molar-refractivity contribution in [1.82, 2.24) is 0 Å². The zero-order chi connectivity index (χ0) is 7.66. The first-order valence-corrected chi connectivity index (χ1v) is 4.71. The van der Waals surface area contributed by atoms with Gasteiger partial charge in [0, 0.05) is 0 Å². The van der Waals surface area contributed by atoms with Gasteiger partial charge >= 0.3 is 18.9 Å². The fraction of sp³-hybridized carbons (Fsp3) is 0.900. The van der Waals surface area contributed by atoms with Gasteiger partial charge in [-0.3, -0.25) is 0 Å². The summed E-state index contributed by atoms with van der Waals surface area (Å²) in [5.74, 6) is 0. The SMILES string of the molecule is [CH2]CCCCCCCCC.[LiH]. The van der Waals surface area contributed by atoms with Crippen LogP contribution in [0.3, 0.4) is 0 Å². The summed E-state index contributed by atoms with van der Waals surface area (Å²) in [6.45, 7) is 6.08. The molecule has 0 aliphatic rings. The van der Waals surface area contributed by atoms with E-state index in [2.05, 4.69) is 13.8 Å². The number of rotatable bonds is 7. The number of hydrogen-bond donors (Lipinski definition) is 0. The molecule has 0 rings (SSSR count). The molecule has 0 atom stereocenters. The standard InChI is InChI=1S/C10H21.Li.H/c1-3-5-7-9-10-8-6-4-2;;/h1,3-10H2,2H3;;. The van der Waals surface area contributed by atoms with E-state index in [1.807, 2.05) is 0 Å². The summed E-state index contributed by atoms with van der Waals surface area (Å²) in [7, 11) is 0. The topological polar surface area (TPSA) is 0 Å². The summed E-state index contributed by atoms with van der Waals surface area (Å²) in [5, 5.41) is 0. The number of hydrogen-bond acceptors (Lipinski definition) is 0. The Bertz CT molecular complexity index is 44.8. The Kier molecular flexibility index (Phi) is 17.0. The quantitative estimate of drug-likeness (QED) is 0.385. The molecule has 0 aliphatic carbocycles. The van der Waals surface area contributed by atoms with Crippen molar-refractivity contribution in [2.24, 2.45) is 0 Å². The van der Waals surface area contributed by atoms with Crippen molar-refractivity contribution in [2.75, 3.05) is 0 Å². The Morgan fingerprint density at radius 3 is 1.73 bits per heavy atom. The van der Waals surface area contributed by atoms with Crippen molar-refractivity contribution >= 4 is 18.9 Å². The first-order valence-electron chi connectivity index (χ1n) is 4.71. The molecule has 0 aromatic rings. The molecule has 11 heavy (non-hydrogen) atoms. The summed E-state index contributed by atoms with van der Waals surface area (Å²) in [6, 6.07) is 0. The molecule has 0 N–H and O–H groups in total. The summed E-state index contributed by atoms with van der Waals surface area (Å²) < 4.78 is 0. The van der Waals surface area contributed by atoms with Crippen LogP contribution in [0.4, 0.5) is 0 Å². The van der Waals surface area contributed by atoms with E-state index in [1.54, 1.807) is 0 Å². The average molecular weight is 149 g/mol. The Balaban J connectivity index is 0. The molecule has 0 aliphatic heterocycles. The molecule has 1 heteroatoms. The van der Waals surface area contributed by atoms with Crippen LogP contribution >= 0.6 is 0 Å². The summed E-state index contributed by atoms with van der Waals surface area (Å²) in [4.78, 5) is 0. The van der Waals surface area contributed by atoms with E-state index in [1.165, 1.54) is 44.9 Å². The Hall–Kier alpha value is 0.597. The minimum absolute atomic E-state index is 0. The van der Waals surface area contributed by atoms with Crippen LogP contribution in [0.1, 0.15) is 58.3 Å². The summed E-state index contributed by atoms with van der Waals surface area (Å²) in [6.07, 6.45) is 10.9. The van der Waals surface area contributed by atoms with Crippen LogP contribution in [-0.4, -0.2) is 18.9 Å². The predicted molar refractivity (Wildman–Crippen MR) is 55.1 cm³/mol. The van der Waals surface area contributed by atoms with Gasteiger partial charge in [0.1, 0.15) is 0 Å². The zero-order valence-corrected chi connectivity index (χ0v) is 7.36. The maximum atomic E-state index is 3.82. The second kappa shape index (κ2) is 13.2. The maximum absolute atomic E-state index is 3.82. The zero-order valence-electron chi connectivity index (χ0n) is 7.36. The van der Waals surface area contributed by atoms with Crippen molar-refractivity contribution in [3.63, 3.8) is 0 Å². The molecule has 0 saturated heterocycles. The van der Waals surface area contributed by atoms with E-state index in [-0.39, 0.29) is 18.9 Å². The Labute approximate surface area is 84.3 Å². The summed E-state index contributed by atoms with van der Waals surface area (Å²) >= 11 is 0. The molecule has 0 aromatic carbocycles. The Morgan fingerprint density at radius 2 is 1.27 bits per heavy atom. The van der Waals surface area contributed by atoms with Crippen LogP contribution in [0.2, 0.25) is 0 Å². The van der Waals surface area contributed by atoms with Gasteiger partial charge in [0.2, 0.25) is 0 Å². The van der Waals surface area contributed by atoms with Gasteiger partial charge in [-0.15, -0.1) is 0 Å². The normalized spacial score (nSPS) is 9.27. The minimum atomic E-state index is 0. The molecule has 0 fully saturated rings. The molecule has 0 spiro atoms. The van der Waals surface area contributed by atoms with E-state index >= 15 is 0 Å². The molecule has 0 saturated carbocycles. The van der Waals surface area contributed by atoms with Gasteiger partial charge in [0.05, 0.1) is 0 Å². The van der Waals surface area contributed by atoms with Gasteiger partial charge in [-0.1, -0.05) is 65.2 Å². The summed E-state index contributed by atoms with van der Waals surface area (Å²) in [5.41, 5.74) is 0. The second-order valence-corrected chi connectivity index (χ2v) is 2.97. The van der Waals surface area contributed by atoms with Crippen LogP contribution in [0.15, 0.2) is 0 Å². The monoisotopic (exact) mass is 149 g/mol. The fourth-order valence-electron chi connectivity index (χ4n) is 1.13. The third-order valence-electron chi connectivity index (χ3n) is 1.85. The van der Waals surface area contributed by atoms with Crippen LogP contribution in [0.25, 0.3) is 0 Å². The van der Waals surface area contributed by atoms with Crippen LogP contribution in [0, 0.1) is 6.92 Å². The molecule has 63 valence electrons. The van der Waals surface area contributed by atoms with Gasteiger partial charge in [-0.05, 0) is 0 Å². The van der Waals surface area contributed by atoms with E-state index in [4.69, 9.17) is 0 Å². The second-order valence-electron chi connectivity index (χ2n) is 2.97. The van der Waals surface area contributed by atoms with Gasteiger partial charge in [-0.2, -0.15) is 0 Å². The molecular formula is C10H22Li. The van der Waals surface area contributed by atoms with Gasteiger partial charge in [0.15, 0.2) is 0 Å². The van der Waals surface area contributed by atoms with E-state index < -0.39 is 0 Å². The molecular weight excluding hydrogens is 127 g/mol. The van der Waals surface area contributed by atoms with Gasteiger partial charge in [-0.25, -0.2) is 0 Å². The van der Waals surface area contributed by atoms with E-state index in [0.717, 1.165) is 6.42 Å². The van der Waals surface area contributed by atoms with Crippen molar-refractivity contribution < 1.29 is 0 Å². The van der Waals surface area contributed by atoms with Crippen molar-refractivity contribution in [1.29, 1.82) is 0 Å². The molecule has 0 amide bonds. The van der Waals surface area contributed by atoms with Crippen LogP contribution < -0.4 is 0 Å². The van der Waals surface area contributed by atoms with Gasteiger partial charge < -0.3 is 0 Å². The molecule has 0 bridgehead atoms. The third-order valence-corrected chi connectivity index (χ3v) is 1.85. The van der Waals surface area contributed by atoms with Crippen LogP contribution in [-0.2, 0) is 0 Å². The third kappa shape index (κ3) is 13.6. The molecule has 0 nitrogen and oxygen atoms in total. The van der Waals surface area contributed by atoms with Crippen molar-refractivity contribution in [3.05, 3.63) is 6.92 Å². The van der Waals surface area contributed by atoms with E-state index in [9.17, 15) is 0 Å².